The molecule has 0 aliphatic heterocycles. The van der Waals surface area contributed by atoms with E-state index in [0.717, 1.165) is 5.56 Å². The maximum atomic E-state index is 12.8. The predicted octanol–water partition coefficient (Wildman–Crippen LogP) is 2.42. The summed E-state index contributed by atoms with van der Waals surface area (Å²) in [7, 11) is 1.29. The third-order valence-electron chi connectivity index (χ3n) is 4.83. The topological polar surface area (TPSA) is 90.3 Å². The quantitative estimate of drug-likeness (QED) is 0.608. The lowest BCUT2D eigenvalue weighted by atomic mass is 10.1. The Kier molecular flexibility index (Phi) is 6.61. The normalized spacial score (nSPS) is 12.0. The van der Waals surface area contributed by atoms with Crippen molar-refractivity contribution in [2.75, 3.05) is 7.11 Å². The van der Waals surface area contributed by atoms with Gasteiger partial charge in [0.05, 0.1) is 30.7 Å². The van der Waals surface area contributed by atoms with Gasteiger partial charge >= 0.3 is 5.97 Å². The molecule has 3 aromatic rings. The second kappa shape index (κ2) is 9.35. The first-order chi connectivity index (χ1) is 14.4. The van der Waals surface area contributed by atoms with E-state index in [1.807, 2.05) is 44.2 Å². The van der Waals surface area contributed by atoms with E-state index in [2.05, 4.69) is 10.4 Å². The standard InChI is InChI=1S/C23H25N3O4/c1-15(2)26-22(28)18-12-8-7-11-17(18)19(25-26)14-21(27)24-20(23(29)30-3)13-16-9-5-4-6-10-16/h4-12,15,20H,13-14H2,1-3H3,(H,24,27)/t20-/m1/s1. The fraction of sp³-hybridized carbons (Fsp3) is 0.304. The minimum absolute atomic E-state index is 0.0597. The average Bonchev–Trinajstić information content (AvgIpc) is 2.75. The number of carbonyl (C=O) groups excluding carboxylic acids is 2. The van der Waals surface area contributed by atoms with E-state index in [4.69, 9.17) is 4.74 Å². The van der Waals surface area contributed by atoms with Crippen molar-refractivity contribution < 1.29 is 14.3 Å². The molecule has 0 spiro atoms. The summed E-state index contributed by atoms with van der Waals surface area (Å²) >= 11 is 0. The number of carbonyl (C=O) groups is 2. The Hall–Kier alpha value is -3.48. The molecule has 1 aromatic heterocycles. The van der Waals surface area contributed by atoms with Gasteiger partial charge in [0.2, 0.25) is 5.91 Å². The zero-order chi connectivity index (χ0) is 21.7. The van der Waals surface area contributed by atoms with Crippen LogP contribution in [-0.2, 0) is 27.2 Å². The van der Waals surface area contributed by atoms with Crippen molar-refractivity contribution in [1.29, 1.82) is 0 Å². The van der Waals surface area contributed by atoms with E-state index in [-0.39, 0.29) is 23.9 Å². The van der Waals surface area contributed by atoms with Gasteiger partial charge in [0, 0.05) is 11.8 Å². The number of ether oxygens (including phenoxy) is 1. The predicted molar refractivity (Wildman–Crippen MR) is 114 cm³/mol. The zero-order valence-corrected chi connectivity index (χ0v) is 17.3. The molecule has 2 aromatic carbocycles. The van der Waals surface area contributed by atoms with Crippen LogP contribution >= 0.6 is 0 Å². The van der Waals surface area contributed by atoms with Gasteiger partial charge in [-0.2, -0.15) is 5.10 Å². The Morgan fingerprint density at radius 2 is 1.67 bits per heavy atom. The fourth-order valence-electron chi connectivity index (χ4n) is 3.34. The Bertz CT molecular complexity index is 1110. The molecule has 1 heterocycles. The third-order valence-corrected chi connectivity index (χ3v) is 4.83. The molecule has 0 aliphatic carbocycles. The molecule has 0 saturated carbocycles. The summed E-state index contributed by atoms with van der Waals surface area (Å²) in [6.45, 7) is 3.72. The molecule has 0 bridgehead atoms. The molecule has 0 fully saturated rings. The molecule has 0 radical (unpaired) electrons. The second-order valence-electron chi connectivity index (χ2n) is 7.35. The lowest BCUT2D eigenvalue weighted by Crippen LogP contribution is -2.44. The van der Waals surface area contributed by atoms with Gasteiger partial charge in [0.15, 0.2) is 0 Å². The van der Waals surface area contributed by atoms with Crippen LogP contribution in [-0.4, -0.2) is 34.8 Å². The first-order valence-electron chi connectivity index (χ1n) is 9.82. The van der Waals surface area contributed by atoms with Crippen LogP contribution in [0.2, 0.25) is 0 Å². The van der Waals surface area contributed by atoms with E-state index in [0.29, 0.717) is 22.9 Å². The van der Waals surface area contributed by atoms with Gasteiger partial charge in [0.25, 0.3) is 5.56 Å². The number of rotatable bonds is 7. The van der Waals surface area contributed by atoms with Crippen LogP contribution in [0.15, 0.2) is 59.4 Å². The van der Waals surface area contributed by atoms with E-state index in [1.165, 1.54) is 11.8 Å². The smallest absolute Gasteiger partial charge is 0.328 e. The van der Waals surface area contributed by atoms with Crippen molar-refractivity contribution in [3.05, 3.63) is 76.2 Å². The SMILES string of the molecule is COC(=O)[C@@H](Cc1ccccc1)NC(=O)Cc1nn(C(C)C)c(=O)c2ccccc12. The van der Waals surface area contributed by atoms with E-state index in [1.54, 1.807) is 24.3 Å². The van der Waals surface area contributed by atoms with Crippen molar-refractivity contribution in [2.45, 2.75) is 38.8 Å². The van der Waals surface area contributed by atoms with E-state index >= 15 is 0 Å². The van der Waals surface area contributed by atoms with Gasteiger partial charge in [-0.1, -0.05) is 48.5 Å². The molecule has 7 heteroatoms. The molecule has 0 saturated heterocycles. The lowest BCUT2D eigenvalue weighted by Gasteiger charge is -2.17. The third kappa shape index (κ3) is 4.74. The van der Waals surface area contributed by atoms with Crippen molar-refractivity contribution in [3.8, 4) is 0 Å². The lowest BCUT2D eigenvalue weighted by molar-refractivity contribution is -0.145. The molecular weight excluding hydrogens is 382 g/mol. The molecule has 156 valence electrons. The van der Waals surface area contributed by atoms with Crippen LogP contribution < -0.4 is 10.9 Å². The number of aromatic nitrogens is 2. The Balaban J connectivity index is 1.87. The number of hydrogen-bond acceptors (Lipinski definition) is 5. The number of methoxy groups -OCH3 is 1. The minimum atomic E-state index is -0.813. The first-order valence-corrected chi connectivity index (χ1v) is 9.82. The van der Waals surface area contributed by atoms with Crippen molar-refractivity contribution in [2.24, 2.45) is 0 Å². The van der Waals surface area contributed by atoms with Gasteiger partial charge in [0.1, 0.15) is 6.04 Å². The summed E-state index contributed by atoms with van der Waals surface area (Å²) in [6.07, 6.45) is 0.259. The van der Waals surface area contributed by atoms with Crippen LogP contribution in [0.1, 0.15) is 31.1 Å². The van der Waals surface area contributed by atoms with Gasteiger partial charge in [-0.15, -0.1) is 0 Å². The number of amides is 1. The number of hydrogen-bond donors (Lipinski definition) is 1. The molecule has 30 heavy (non-hydrogen) atoms. The molecule has 3 rings (SSSR count). The Morgan fingerprint density at radius 1 is 1.03 bits per heavy atom. The number of nitrogens with one attached hydrogen (secondary N) is 1. The second-order valence-corrected chi connectivity index (χ2v) is 7.35. The number of esters is 1. The number of nitrogens with zero attached hydrogens (tertiary/aromatic N) is 2. The molecule has 1 N–H and O–H groups in total. The van der Waals surface area contributed by atoms with Crippen molar-refractivity contribution in [3.63, 3.8) is 0 Å². The first kappa shape index (κ1) is 21.2. The summed E-state index contributed by atoms with van der Waals surface area (Å²) < 4.78 is 6.24. The van der Waals surface area contributed by atoms with Crippen LogP contribution in [0.5, 0.6) is 0 Å². The molecular formula is C23H25N3O4. The average molecular weight is 407 g/mol. The van der Waals surface area contributed by atoms with Crippen LogP contribution in [0, 0.1) is 0 Å². The highest BCUT2D eigenvalue weighted by Crippen LogP contribution is 2.15. The van der Waals surface area contributed by atoms with Gasteiger partial charge in [-0.25, -0.2) is 9.48 Å². The van der Waals surface area contributed by atoms with Crippen LogP contribution in [0.4, 0.5) is 0 Å². The minimum Gasteiger partial charge on any atom is -0.467 e. The molecule has 1 atom stereocenters. The van der Waals surface area contributed by atoms with Crippen molar-refractivity contribution in [1.82, 2.24) is 15.1 Å². The van der Waals surface area contributed by atoms with E-state index < -0.39 is 12.0 Å². The summed E-state index contributed by atoms with van der Waals surface area (Å²) in [6, 6.07) is 15.5. The van der Waals surface area contributed by atoms with Gasteiger partial charge in [-0.05, 0) is 25.5 Å². The van der Waals surface area contributed by atoms with Gasteiger partial charge < -0.3 is 10.1 Å². The monoisotopic (exact) mass is 407 g/mol. The van der Waals surface area contributed by atoms with Crippen LogP contribution in [0.3, 0.4) is 0 Å². The molecule has 1 amide bonds. The Labute approximate surface area is 174 Å². The highest BCUT2D eigenvalue weighted by molar-refractivity contribution is 5.90. The zero-order valence-electron chi connectivity index (χ0n) is 17.3. The summed E-state index contributed by atoms with van der Waals surface area (Å²) in [5.74, 6) is -0.884. The largest absolute Gasteiger partial charge is 0.467 e. The maximum Gasteiger partial charge on any atom is 0.328 e. The summed E-state index contributed by atoms with van der Waals surface area (Å²) in [4.78, 5) is 37.7. The number of fused-ring (bicyclic) bond motifs is 1. The molecule has 0 aliphatic rings. The molecule has 7 nitrogen and oxygen atoms in total. The number of benzene rings is 2. The Morgan fingerprint density at radius 3 is 2.30 bits per heavy atom. The van der Waals surface area contributed by atoms with Crippen molar-refractivity contribution >= 4 is 22.6 Å². The highest BCUT2D eigenvalue weighted by atomic mass is 16.5. The maximum absolute atomic E-state index is 12.8. The fourth-order valence-corrected chi connectivity index (χ4v) is 3.34. The highest BCUT2D eigenvalue weighted by Gasteiger charge is 2.23. The summed E-state index contributed by atoms with van der Waals surface area (Å²) in [5, 5.41) is 8.32. The summed E-state index contributed by atoms with van der Waals surface area (Å²) in [5.41, 5.74) is 1.20. The van der Waals surface area contributed by atoms with E-state index in [9.17, 15) is 14.4 Å². The molecule has 0 unspecified atom stereocenters. The van der Waals surface area contributed by atoms with Gasteiger partial charge in [-0.3, -0.25) is 9.59 Å². The van der Waals surface area contributed by atoms with Crippen LogP contribution in [0.25, 0.3) is 10.8 Å².